The van der Waals surface area contributed by atoms with E-state index >= 15 is 0 Å². The molecule has 3 aliphatic rings. The zero-order valence-electron chi connectivity index (χ0n) is 23.7. The summed E-state index contributed by atoms with van der Waals surface area (Å²) in [5, 5.41) is 0. The van der Waals surface area contributed by atoms with Gasteiger partial charge in [0.1, 0.15) is 5.78 Å². The summed E-state index contributed by atoms with van der Waals surface area (Å²) in [5.41, 5.74) is 0.0929. The van der Waals surface area contributed by atoms with Gasteiger partial charge in [0.15, 0.2) is 0 Å². The van der Waals surface area contributed by atoms with Crippen molar-refractivity contribution in [1.82, 2.24) is 9.80 Å². The Morgan fingerprint density at radius 2 is 1.39 bits per heavy atom. The van der Waals surface area contributed by atoms with Crippen molar-refractivity contribution in [1.29, 1.82) is 0 Å². The van der Waals surface area contributed by atoms with Crippen molar-refractivity contribution in [3.05, 3.63) is 0 Å². The molecule has 0 radical (unpaired) electrons. The molecule has 0 aromatic rings. The molecule has 36 heavy (non-hydrogen) atoms. The van der Waals surface area contributed by atoms with Crippen LogP contribution in [0.15, 0.2) is 0 Å². The predicted molar refractivity (Wildman–Crippen MR) is 142 cm³/mol. The van der Waals surface area contributed by atoms with Gasteiger partial charge >= 0.3 is 0 Å². The molecule has 2 heterocycles. The lowest BCUT2D eigenvalue weighted by atomic mass is 9.76. The van der Waals surface area contributed by atoms with Gasteiger partial charge in [-0.15, -0.1) is 0 Å². The van der Waals surface area contributed by atoms with Crippen molar-refractivity contribution < 1.29 is 19.2 Å². The lowest BCUT2D eigenvalue weighted by Crippen LogP contribution is -2.54. The second kappa shape index (κ2) is 11.8. The van der Waals surface area contributed by atoms with E-state index in [4.69, 9.17) is 0 Å². The highest BCUT2D eigenvalue weighted by molar-refractivity contribution is 6.03. The van der Waals surface area contributed by atoms with E-state index in [1.807, 2.05) is 25.7 Å². The Hall–Kier alpha value is -1.72. The third kappa shape index (κ3) is 7.41. The molecule has 3 rings (SSSR count). The van der Waals surface area contributed by atoms with Gasteiger partial charge in [0.25, 0.3) is 0 Å². The fourth-order valence-electron chi connectivity index (χ4n) is 6.00. The van der Waals surface area contributed by atoms with E-state index in [1.54, 1.807) is 0 Å². The number of amides is 3. The number of hydrogen-bond donors (Lipinski definition) is 0. The number of unbranched alkanes of at least 4 members (excludes halogenated alkanes) is 3. The minimum atomic E-state index is -0.211. The van der Waals surface area contributed by atoms with E-state index in [0.717, 1.165) is 64.5 Å². The van der Waals surface area contributed by atoms with Crippen LogP contribution in [0.3, 0.4) is 0 Å². The molecule has 0 bridgehead atoms. The number of carbonyl (C=O) groups excluding carboxylic acids is 4. The summed E-state index contributed by atoms with van der Waals surface area (Å²) in [6.45, 7) is 15.1. The Bertz CT molecular complexity index is 808. The second-order valence-electron chi connectivity index (χ2n) is 13.9. The number of imide groups is 1. The van der Waals surface area contributed by atoms with Gasteiger partial charge in [-0.2, -0.15) is 0 Å². The minimum Gasteiger partial charge on any atom is -0.342 e. The average molecular weight is 503 g/mol. The molecular formula is C30H50N2O4. The highest BCUT2D eigenvalue weighted by Gasteiger charge is 2.45. The number of nitrogens with zero attached hydrogens (tertiary/aromatic N) is 2. The average Bonchev–Trinajstić information content (AvgIpc) is 3.03. The maximum absolute atomic E-state index is 12.8. The van der Waals surface area contributed by atoms with Crippen LogP contribution in [0.25, 0.3) is 0 Å². The first-order chi connectivity index (χ1) is 16.8. The number of ketones is 1. The van der Waals surface area contributed by atoms with Crippen LogP contribution in [0.1, 0.15) is 112 Å². The third-order valence-electron chi connectivity index (χ3n) is 9.05. The SMILES string of the molecule is CC(C)(C)C1CN(C(=O)CCCCCCC(=O)C2CCC(CN3C(=O)CC(C(C)(C)C)C3=O)CC2)C1. The zero-order valence-corrected chi connectivity index (χ0v) is 23.7. The van der Waals surface area contributed by atoms with E-state index in [-0.39, 0.29) is 40.4 Å². The van der Waals surface area contributed by atoms with E-state index < -0.39 is 0 Å². The molecule has 1 aliphatic carbocycles. The molecule has 1 atom stereocenters. The third-order valence-corrected chi connectivity index (χ3v) is 9.05. The number of hydrogen-bond acceptors (Lipinski definition) is 4. The first kappa shape index (κ1) is 28.8. The van der Waals surface area contributed by atoms with Crippen LogP contribution in [-0.2, 0) is 19.2 Å². The van der Waals surface area contributed by atoms with Crippen LogP contribution in [0.2, 0.25) is 0 Å². The van der Waals surface area contributed by atoms with Crippen LogP contribution in [-0.4, -0.2) is 52.9 Å². The molecule has 1 saturated carbocycles. The summed E-state index contributed by atoms with van der Waals surface area (Å²) in [4.78, 5) is 53.7. The normalized spacial score (nSPS) is 25.9. The maximum Gasteiger partial charge on any atom is 0.233 e. The summed E-state index contributed by atoms with van der Waals surface area (Å²) in [7, 11) is 0. The van der Waals surface area contributed by atoms with E-state index in [0.29, 0.717) is 43.4 Å². The first-order valence-electron chi connectivity index (χ1n) is 14.4. The molecule has 204 valence electrons. The van der Waals surface area contributed by atoms with Crippen LogP contribution in [0, 0.1) is 34.5 Å². The number of Topliss-reactive ketones (excluding diaryl/α,β-unsaturated/α-hetero) is 1. The Balaban J connectivity index is 1.25. The topological polar surface area (TPSA) is 74.8 Å². The van der Waals surface area contributed by atoms with Crippen LogP contribution >= 0.6 is 0 Å². The van der Waals surface area contributed by atoms with E-state index in [2.05, 4.69) is 20.8 Å². The van der Waals surface area contributed by atoms with Gasteiger partial charge in [-0.25, -0.2) is 0 Å². The van der Waals surface area contributed by atoms with Crippen LogP contribution < -0.4 is 0 Å². The molecule has 0 spiro atoms. The van der Waals surface area contributed by atoms with Gasteiger partial charge in [-0.1, -0.05) is 54.4 Å². The molecular weight excluding hydrogens is 452 g/mol. The molecule has 6 heteroatoms. The van der Waals surface area contributed by atoms with Gasteiger partial charge in [0.05, 0.1) is 5.92 Å². The highest BCUT2D eigenvalue weighted by Crippen LogP contribution is 2.38. The molecule has 0 aromatic heterocycles. The van der Waals surface area contributed by atoms with E-state index in [9.17, 15) is 19.2 Å². The van der Waals surface area contributed by atoms with Crippen molar-refractivity contribution in [2.45, 2.75) is 112 Å². The molecule has 2 saturated heterocycles. The molecule has 0 N–H and O–H groups in total. The summed E-state index contributed by atoms with van der Waals surface area (Å²) in [6.07, 6.45) is 9.04. The summed E-state index contributed by atoms with van der Waals surface area (Å²) >= 11 is 0. The summed E-state index contributed by atoms with van der Waals surface area (Å²) < 4.78 is 0. The van der Waals surface area contributed by atoms with Crippen LogP contribution in [0.4, 0.5) is 0 Å². The lowest BCUT2D eigenvalue weighted by Gasteiger charge is -2.46. The van der Waals surface area contributed by atoms with Crippen molar-refractivity contribution >= 4 is 23.5 Å². The summed E-state index contributed by atoms with van der Waals surface area (Å²) in [6, 6.07) is 0. The molecule has 2 aliphatic heterocycles. The zero-order chi connectivity index (χ0) is 26.7. The largest absolute Gasteiger partial charge is 0.342 e. The van der Waals surface area contributed by atoms with Crippen molar-refractivity contribution in [2.75, 3.05) is 19.6 Å². The van der Waals surface area contributed by atoms with E-state index in [1.165, 1.54) is 4.90 Å². The summed E-state index contributed by atoms with van der Waals surface area (Å²) in [5.74, 6) is 1.49. The number of carbonyl (C=O) groups is 4. The Morgan fingerprint density at radius 3 is 1.92 bits per heavy atom. The molecule has 0 aromatic carbocycles. The lowest BCUT2D eigenvalue weighted by molar-refractivity contribution is -0.142. The van der Waals surface area contributed by atoms with Crippen molar-refractivity contribution in [3.63, 3.8) is 0 Å². The van der Waals surface area contributed by atoms with Gasteiger partial charge in [-0.3, -0.25) is 24.1 Å². The second-order valence-corrected chi connectivity index (χ2v) is 13.9. The van der Waals surface area contributed by atoms with Crippen LogP contribution in [0.5, 0.6) is 0 Å². The van der Waals surface area contributed by atoms with Gasteiger partial charge < -0.3 is 4.90 Å². The standard InChI is InChI=1S/C30H50N2O4/c1-29(2,3)23-19-31(20-23)26(34)12-10-8-7-9-11-25(33)22-15-13-21(14-16-22)18-32-27(35)17-24(28(32)36)30(4,5)6/h21-24H,7-20H2,1-6H3. The molecule has 6 nitrogen and oxygen atoms in total. The van der Waals surface area contributed by atoms with Gasteiger partial charge in [-0.05, 0) is 61.2 Å². The quantitative estimate of drug-likeness (QED) is 0.287. The fourth-order valence-corrected chi connectivity index (χ4v) is 6.00. The van der Waals surface area contributed by atoms with Gasteiger partial charge in [0.2, 0.25) is 17.7 Å². The van der Waals surface area contributed by atoms with Crippen molar-refractivity contribution in [2.24, 2.45) is 34.5 Å². The first-order valence-corrected chi connectivity index (χ1v) is 14.4. The Labute approximate surface area is 218 Å². The van der Waals surface area contributed by atoms with Crippen molar-refractivity contribution in [3.8, 4) is 0 Å². The smallest absolute Gasteiger partial charge is 0.233 e. The molecule has 3 fully saturated rings. The monoisotopic (exact) mass is 502 g/mol. The molecule has 3 amide bonds. The Morgan fingerprint density at radius 1 is 0.806 bits per heavy atom. The Kier molecular flexibility index (Phi) is 9.43. The maximum atomic E-state index is 12.8. The highest BCUT2D eigenvalue weighted by atomic mass is 16.2. The molecule has 1 unspecified atom stereocenters. The minimum absolute atomic E-state index is 0.00799. The number of likely N-dealkylation sites (tertiary alicyclic amines) is 2. The number of rotatable bonds is 10. The predicted octanol–water partition coefficient (Wildman–Crippen LogP) is 5.63. The van der Waals surface area contributed by atoms with Gasteiger partial charge in [0, 0.05) is 44.8 Å². The fraction of sp³-hybridized carbons (Fsp3) is 0.867.